The number of hydrogen-bond acceptors (Lipinski definition) is 3. The molecule has 2 N–H and O–H groups in total. The smallest absolute Gasteiger partial charge is 0.218 e. The molecule has 0 aliphatic rings. The standard InChI is InChI=1S/C11H13BrN4O/c1-15-5-3-14-10(15)2-4-16-6-8(12)11(17)9(13)7-16/h3,5-7H,2,4,13H2,1H3. The molecular formula is C11H13BrN4O. The van der Waals surface area contributed by atoms with E-state index < -0.39 is 0 Å². The number of hydrogen-bond donors (Lipinski definition) is 1. The zero-order valence-corrected chi connectivity index (χ0v) is 11.0. The quantitative estimate of drug-likeness (QED) is 0.925. The molecular weight excluding hydrogens is 284 g/mol. The van der Waals surface area contributed by atoms with Crippen molar-refractivity contribution in [3.05, 3.63) is 45.3 Å². The number of nitrogens with zero attached hydrogens (tertiary/aromatic N) is 3. The molecule has 0 saturated heterocycles. The third-order valence-electron chi connectivity index (χ3n) is 2.58. The van der Waals surface area contributed by atoms with Gasteiger partial charge in [-0.25, -0.2) is 4.98 Å². The summed E-state index contributed by atoms with van der Waals surface area (Å²) in [6, 6.07) is 0. The van der Waals surface area contributed by atoms with Gasteiger partial charge in [-0.3, -0.25) is 4.79 Å². The van der Waals surface area contributed by atoms with Gasteiger partial charge in [0.1, 0.15) is 5.82 Å². The minimum Gasteiger partial charge on any atom is -0.394 e. The minimum atomic E-state index is -0.168. The average molecular weight is 297 g/mol. The maximum Gasteiger partial charge on any atom is 0.218 e. The Bertz CT molecular complexity index is 561. The van der Waals surface area contributed by atoms with Crippen LogP contribution < -0.4 is 11.2 Å². The second-order valence-electron chi connectivity index (χ2n) is 3.83. The van der Waals surface area contributed by atoms with Crippen LogP contribution in [-0.4, -0.2) is 14.1 Å². The summed E-state index contributed by atoms with van der Waals surface area (Å²) in [5, 5.41) is 0. The first-order valence-electron chi connectivity index (χ1n) is 5.19. The molecule has 17 heavy (non-hydrogen) atoms. The first-order valence-corrected chi connectivity index (χ1v) is 5.98. The van der Waals surface area contributed by atoms with Gasteiger partial charge in [-0.05, 0) is 15.9 Å². The lowest BCUT2D eigenvalue weighted by atomic mass is 10.3. The summed E-state index contributed by atoms with van der Waals surface area (Å²) in [5.41, 5.74) is 5.70. The number of rotatable bonds is 3. The molecule has 2 aromatic rings. The van der Waals surface area contributed by atoms with Crippen molar-refractivity contribution < 1.29 is 0 Å². The predicted octanol–water partition coefficient (Wildman–Crippen LogP) is 1.17. The van der Waals surface area contributed by atoms with Gasteiger partial charge in [-0.15, -0.1) is 0 Å². The van der Waals surface area contributed by atoms with Crippen molar-refractivity contribution in [1.29, 1.82) is 0 Å². The van der Waals surface area contributed by atoms with Crippen LogP contribution in [0.5, 0.6) is 0 Å². The predicted molar refractivity (Wildman–Crippen MR) is 69.7 cm³/mol. The van der Waals surface area contributed by atoms with E-state index >= 15 is 0 Å². The van der Waals surface area contributed by atoms with Gasteiger partial charge in [-0.2, -0.15) is 0 Å². The van der Waals surface area contributed by atoms with Gasteiger partial charge in [0.2, 0.25) is 5.43 Å². The fourth-order valence-corrected chi connectivity index (χ4v) is 2.10. The molecule has 0 amide bonds. The minimum absolute atomic E-state index is 0.168. The van der Waals surface area contributed by atoms with Crippen molar-refractivity contribution >= 4 is 21.6 Å². The molecule has 0 unspecified atom stereocenters. The van der Waals surface area contributed by atoms with E-state index in [0.717, 1.165) is 18.8 Å². The molecule has 0 fully saturated rings. The highest BCUT2D eigenvalue weighted by Crippen LogP contribution is 2.07. The van der Waals surface area contributed by atoms with Crippen molar-refractivity contribution in [1.82, 2.24) is 14.1 Å². The highest BCUT2D eigenvalue weighted by molar-refractivity contribution is 9.10. The molecule has 0 aliphatic heterocycles. The van der Waals surface area contributed by atoms with Gasteiger partial charge >= 0.3 is 0 Å². The molecule has 0 bridgehead atoms. The number of anilines is 1. The molecule has 0 aliphatic carbocycles. The zero-order valence-electron chi connectivity index (χ0n) is 9.43. The Morgan fingerprint density at radius 1 is 1.47 bits per heavy atom. The number of imidazole rings is 1. The highest BCUT2D eigenvalue weighted by atomic mass is 79.9. The third-order valence-corrected chi connectivity index (χ3v) is 3.14. The van der Waals surface area contributed by atoms with Crippen LogP contribution in [0, 0.1) is 0 Å². The van der Waals surface area contributed by atoms with E-state index in [1.165, 1.54) is 0 Å². The van der Waals surface area contributed by atoms with Crippen molar-refractivity contribution in [3.8, 4) is 0 Å². The zero-order chi connectivity index (χ0) is 12.4. The molecule has 2 rings (SSSR count). The molecule has 0 atom stereocenters. The van der Waals surface area contributed by atoms with E-state index in [9.17, 15) is 4.79 Å². The van der Waals surface area contributed by atoms with Gasteiger partial charge in [0.25, 0.3) is 0 Å². The van der Waals surface area contributed by atoms with Crippen molar-refractivity contribution in [2.24, 2.45) is 7.05 Å². The molecule has 2 aromatic heterocycles. The lowest BCUT2D eigenvalue weighted by Gasteiger charge is -2.08. The lowest BCUT2D eigenvalue weighted by Crippen LogP contribution is -2.14. The van der Waals surface area contributed by atoms with E-state index in [4.69, 9.17) is 5.73 Å². The Morgan fingerprint density at radius 2 is 2.24 bits per heavy atom. The average Bonchev–Trinajstić information content (AvgIpc) is 2.69. The monoisotopic (exact) mass is 296 g/mol. The van der Waals surface area contributed by atoms with Crippen molar-refractivity contribution in [3.63, 3.8) is 0 Å². The molecule has 0 aromatic carbocycles. The van der Waals surface area contributed by atoms with Crippen LogP contribution in [0.3, 0.4) is 0 Å². The van der Waals surface area contributed by atoms with Gasteiger partial charge in [-0.1, -0.05) is 0 Å². The van der Waals surface area contributed by atoms with Gasteiger partial charge in [0.05, 0.1) is 10.2 Å². The molecule has 0 saturated carbocycles. The largest absolute Gasteiger partial charge is 0.394 e. The number of nitrogen functional groups attached to an aromatic ring is 1. The van der Waals surface area contributed by atoms with Crippen LogP contribution in [-0.2, 0) is 20.0 Å². The molecule has 6 heteroatoms. The SMILES string of the molecule is Cn1ccnc1CCn1cc(N)c(=O)c(Br)c1. The molecule has 5 nitrogen and oxygen atoms in total. The number of nitrogens with two attached hydrogens (primary N) is 1. The Morgan fingerprint density at radius 3 is 2.82 bits per heavy atom. The molecule has 0 spiro atoms. The number of halogens is 1. The van der Waals surface area contributed by atoms with Gasteiger partial charge < -0.3 is 14.9 Å². The summed E-state index contributed by atoms with van der Waals surface area (Å²) < 4.78 is 4.34. The Balaban J connectivity index is 2.15. The first-order chi connectivity index (χ1) is 8.08. The van der Waals surface area contributed by atoms with Crippen LogP contribution in [0.4, 0.5) is 5.69 Å². The Kier molecular flexibility index (Phi) is 3.33. The van der Waals surface area contributed by atoms with Crippen LogP contribution >= 0.6 is 15.9 Å². The first kappa shape index (κ1) is 11.9. The van der Waals surface area contributed by atoms with Crippen LogP contribution in [0.2, 0.25) is 0 Å². The number of aromatic nitrogens is 3. The molecule has 2 heterocycles. The molecule has 0 radical (unpaired) electrons. The topological polar surface area (TPSA) is 65.8 Å². The summed E-state index contributed by atoms with van der Waals surface area (Å²) in [6.45, 7) is 0.730. The Hall–Kier alpha value is -1.56. The van der Waals surface area contributed by atoms with E-state index in [1.54, 1.807) is 18.6 Å². The fourth-order valence-electron chi connectivity index (χ4n) is 1.61. The number of aryl methyl sites for hydroxylation is 3. The van der Waals surface area contributed by atoms with Crippen LogP contribution in [0.25, 0.3) is 0 Å². The summed E-state index contributed by atoms with van der Waals surface area (Å²) in [5.74, 6) is 0.999. The third kappa shape index (κ3) is 2.58. The van der Waals surface area contributed by atoms with Crippen LogP contribution in [0.1, 0.15) is 5.82 Å². The number of pyridine rings is 1. The van der Waals surface area contributed by atoms with Gasteiger partial charge in [0, 0.05) is 44.8 Å². The normalized spacial score (nSPS) is 10.7. The van der Waals surface area contributed by atoms with Crippen molar-refractivity contribution in [2.75, 3.05) is 5.73 Å². The Labute approximate surface area is 107 Å². The van der Waals surface area contributed by atoms with Crippen molar-refractivity contribution in [2.45, 2.75) is 13.0 Å². The highest BCUT2D eigenvalue weighted by Gasteiger charge is 2.04. The van der Waals surface area contributed by atoms with E-state index in [-0.39, 0.29) is 11.1 Å². The summed E-state index contributed by atoms with van der Waals surface area (Å²) in [6.07, 6.45) is 7.85. The fraction of sp³-hybridized carbons (Fsp3) is 0.273. The van der Waals surface area contributed by atoms with E-state index in [0.29, 0.717) is 4.47 Å². The van der Waals surface area contributed by atoms with E-state index in [1.807, 2.05) is 22.4 Å². The maximum atomic E-state index is 11.4. The summed E-state index contributed by atoms with van der Waals surface area (Å²) in [7, 11) is 1.96. The lowest BCUT2D eigenvalue weighted by molar-refractivity contribution is 0.646. The molecule has 90 valence electrons. The second-order valence-corrected chi connectivity index (χ2v) is 4.69. The van der Waals surface area contributed by atoms with Crippen LogP contribution in [0.15, 0.2) is 34.1 Å². The van der Waals surface area contributed by atoms with Gasteiger partial charge in [0.15, 0.2) is 0 Å². The second kappa shape index (κ2) is 4.75. The summed E-state index contributed by atoms with van der Waals surface area (Å²) in [4.78, 5) is 15.6. The van der Waals surface area contributed by atoms with E-state index in [2.05, 4.69) is 20.9 Å². The summed E-state index contributed by atoms with van der Waals surface area (Å²) >= 11 is 3.20. The maximum absolute atomic E-state index is 11.4.